The van der Waals surface area contributed by atoms with Crippen LogP contribution >= 0.6 is 0 Å². The molecule has 1 aromatic carbocycles. The molecule has 1 atom stereocenters. The largest absolute Gasteiger partial charge is 0.469 e. The van der Waals surface area contributed by atoms with Crippen molar-refractivity contribution in [3.05, 3.63) is 35.9 Å². The van der Waals surface area contributed by atoms with E-state index in [9.17, 15) is 19.2 Å². The Bertz CT molecular complexity index is 787. The molecule has 0 bridgehead atoms. The second kappa shape index (κ2) is 12.1. The van der Waals surface area contributed by atoms with Gasteiger partial charge in [0, 0.05) is 19.4 Å². The van der Waals surface area contributed by atoms with Gasteiger partial charge in [-0.2, -0.15) is 0 Å². The molecule has 9 nitrogen and oxygen atoms in total. The lowest BCUT2D eigenvalue weighted by atomic mass is 10.0. The highest BCUT2D eigenvalue weighted by Gasteiger charge is 2.33. The predicted molar refractivity (Wildman–Crippen MR) is 120 cm³/mol. The number of rotatable bonds is 10. The fourth-order valence-corrected chi connectivity index (χ4v) is 2.72. The van der Waals surface area contributed by atoms with Crippen molar-refractivity contribution in [2.45, 2.75) is 71.1 Å². The highest BCUT2D eigenvalue weighted by molar-refractivity contribution is 5.93. The Morgan fingerprint density at radius 2 is 1.62 bits per heavy atom. The maximum atomic E-state index is 13.0. The van der Waals surface area contributed by atoms with Crippen LogP contribution in [0.4, 0.5) is 4.79 Å². The van der Waals surface area contributed by atoms with Crippen molar-refractivity contribution in [3.63, 3.8) is 0 Å². The fraction of sp³-hybridized carbons (Fsp3) is 0.565. The molecule has 0 heterocycles. The SMILES string of the molecule is COC(=O)CCCNC(=O)C(C)(C)NC(=O)[C@@H](Cc1ccccc1)NC(=O)OC(C)(C)C. The molecule has 9 heteroatoms. The lowest BCUT2D eigenvalue weighted by Crippen LogP contribution is -2.59. The Morgan fingerprint density at radius 3 is 2.19 bits per heavy atom. The Balaban J connectivity index is 2.80. The van der Waals surface area contributed by atoms with Crippen molar-refractivity contribution in [1.29, 1.82) is 0 Å². The summed E-state index contributed by atoms with van der Waals surface area (Å²) < 4.78 is 9.84. The summed E-state index contributed by atoms with van der Waals surface area (Å²) in [7, 11) is 1.30. The van der Waals surface area contributed by atoms with E-state index in [1.807, 2.05) is 30.3 Å². The zero-order valence-electron chi connectivity index (χ0n) is 19.7. The van der Waals surface area contributed by atoms with Crippen LogP contribution in [-0.2, 0) is 30.3 Å². The van der Waals surface area contributed by atoms with E-state index in [1.54, 1.807) is 34.6 Å². The van der Waals surface area contributed by atoms with E-state index >= 15 is 0 Å². The minimum absolute atomic E-state index is 0.183. The van der Waals surface area contributed by atoms with Crippen molar-refractivity contribution in [2.24, 2.45) is 0 Å². The molecule has 0 aliphatic rings. The molecule has 32 heavy (non-hydrogen) atoms. The molecular weight excluding hydrogens is 414 g/mol. The number of carbonyl (C=O) groups excluding carboxylic acids is 4. The van der Waals surface area contributed by atoms with Gasteiger partial charge in [0.2, 0.25) is 11.8 Å². The average molecular weight is 450 g/mol. The first-order chi connectivity index (χ1) is 14.8. The standard InChI is InChI=1S/C23H35N3O6/c1-22(2,3)32-21(30)25-17(15-16-11-8-7-9-12-16)19(28)26-23(4,5)20(29)24-14-10-13-18(27)31-6/h7-9,11-12,17H,10,13-15H2,1-6H3,(H,24,29)(H,25,30)(H,26,28)/t17-/m1/s1. The number of benzene rings is 1. The van der Waals surface area contributed by atoms with E-state index in [2.05, 4.69) is 20.7 Å². The van der Waals surface area contributed by atoms with Crippen LogP contribution in [-0.4, -0.2) is 54.7 Å². The molecule has 178 valence electrons. The lowest BCUT2D eigenvalue weighted by Gasteiger charge is -2.29. The number of carbonyl (C=O) groups is 4. The zero-order chi connectivity index (χ0) is 24.4. The summed E-state index contributed by atoms with van der Waals surface area (Å²) in [5.41, 5.74) is -1.12. The molecule has 0 saturated heterocycles. The van der Waals surface area contributed by atoms with Crippen LogP contribution in [0.3, 0.4) is 0 Å². The molecule has 3 N–H and O–H groups in total. The predicted octanol–water partition coefficient (Wildman–Crippen LogP) is 2.09. The Kier molecular flexibility index (Phi) is 10.2. The summed E-state index contributed by atoms with van der Waals surface area (Å²) in [4.78, 5) is 49.0. The van der Waals surface area contributed by atoms with Gasteiger partial charge in [0.1, 0.15) is 17.2 Å². The summed E-state index contributed by atoms with van der Waals surface area (Å²) in [6.07, 6.45) is 0.100. The first kappa shape index (κ1) is 26.9. The minimum atomic E-state index is -1.24. The number of amides is 3. The van der Waals surface area contributed by atoms with Gasteiger partial charge in [-0.15, -0.1) is 0 Å². The lowest BCUT2D eigenvalue weighted by molar-refractivity contribution is -0.140. The minimum Gasteiger partial charge on any atom is -0.469 e. The number of hydrogen-bond acceptors (Lipinski definition) is 6. The van der Waals surface area contributed by atoms with Gasteiger partial charge in [-0.05, 0) is 46.6 Å². The van der Waals surface area contributed by atoms with Crippen LogP contribution in [0.5, 0.6) is 0 Å². The smallest absolute Gasteiger partial charge is 0.408 e. The number of alkyl carbamates (subject to hydrolysis) is 1. The molecule has 0 fully saturated rings. The van der Waals surface area contributed by atoms with Crippen molar-refractivity contribution in [1.82, 2.24) is 16.0 Å². The molecule has 3 amide bonds. The topological polar surface area (TPSA) is 123 Å². The zero-order valence-corrected chi connectivity index (χ0v) is 19.7. The molecule has 1 rings (SSSR count). The average Bonchev–Trinajstić information content (AvgIpc) is 2.69. The first-order valence-electron chi connectivity index (χ1n) is 10.5. The molecular formula is C23H35N3O6. The molecule has 0 aliphatic carbocycles. The van der Waals surface area contributed by atoms with Gasteiger partial charge in [0.15, 0.2) is 0 Å². The third-order valence-corrected chi connectivity index (χ3v) is 4.36. The number of esters is 1. The van der Waals surface area contributed by atoms with Gasteiger partial charge in [-0.25, -0.2) is 4.79 Å². The number of hydrogen-bond donors (Lipinski definition) is 3. The summed E-state index contributed by atoms with van der Waals surface area (Å²) >= 11 is 0. The highest BCUT2D eigenvalue weighted by Crippen LogP contribution is 2.10. The van der Waals surface area contributed by atoms with Crippen molar-refractivity contribution >= 4 is 23.9 Å². The van der Waals surface area contributed by atoms with Gasteiger partial charge in [-0.3, -0.25) is 14.4 Å². The number of ether oxygens (including phenoxy) is 2. The molecule has 1 aromatic rings. The third-order valence-electron chi connectivity index (χ3n) is 4.36. The highest BCUT2D eigenvalue weighted by atomic mass is 16.6. The number of methoxy groups -OCH3 is 1. The van der Waals surface area contributed by atoms with Crippen LogP contribution in [0, 0.1) is 0 Å². The van der Waals surface area contributed by atoms with E-state index in [4.69, 9.17) is 4.74 Å². The normalized spacial score (nSPS) is 12.3. The summed E-state index contributed by atoms with van der Waals surface area (Å²) in [5, 5.41) is 7.99. The van der Waals surface area contributed by atoms with E-state index < -0.39 is 35.1 Å². The number of nitrogens with one attached hydrogen (secondary N) is 3. The Morgan fingerprint density at radius 1 is 1.00 bits per heavy atom. The molecule has 0 radical (unpaired) electrons. The second-order valence-corrected chi connectivity index (χ2v) is 8.94. The molecule has 0 aromatic heterocycles. The molecule has 0 saturated carbocycles. The van der Waals surface area contributed by atoms with E-state index in [1.165, 1.54) is 7.11 Å². The van der Waals surface area contributed by atoms with E-state index in [0.29, 0.717) is 6.42 Å². The first-order valence-corrected chi connectivity index (χ1v) is 10.5. The van der Waals surface area contributed by atoms with Crippen LogP contribution in [0.25, 0.3) is 0 Å². The summed E-state index contributed by atoms with van der Waals surface area (Å²) in [6, 6.07) is 8.27. The van der Waals surface area contributed by atoms with E-state index in [-0.39, 0.29) is 25.4 Å². The van der Waals surface area contributed by atoms with Gasteiger partial charge < -0.3 is 25.4 Å². The summed E-state index contributed by atoms with van der Waals surface area (Å²) in [6.45, 7) is 8.57. The maximum Gasteiger partial charge on any atom is 0.408 e. The van der Waals surface area contributed by atoms with Crippen LogP contribution in [0.1, 0.15) is 53.0 Å². The monoisotopic (exact) mass is 449 g/mol. The van der Waals surface area contributed by atoms with Crippen LogP contribution in [0.2, 0.25) is 0 Å². The van der Waals surface area contributed by atoms with Gasteiger partial charge in [-0.1, -0.05) is 30.3 Å². The molecule has 0 spiro atoms. The van der Waals surface area contributed by atoms with Gasteiger partial charge >= 0.3 is 12.1 Å². The van der Waals surface area contributed by atoms with Crippen LogP contribution in [0.15, 0.2) is 30.3 Å². The maximum absolute atomic E-state index is 13.0. The van der Waals surface area contributed by atoms with Crippen molar-refractivity contribution in [3.8, 4) is 0 Å². The van der Waals surface area contributed by atoms with Gasteiger partial charge in [0.05, 0.1) is 7.11 Å². The third kappa shape index (κ3) is 10.3. The van der Waals surface area contributed by atoms with Crippen molar-refractivity contribution in [2.75, 3.05) is 13.7 Å². The second-order valence-electron chi connectivity index (χ2n) is 8.94. The van der Waals surface area contributed by atoms with Crippen LogP contribution < -0.4 is 16.0 Å². The Labute approximate surface area is 189 Å². The van der Waals surface area contributed by atoms with E-state index in [0.717, 1.165) is 5.56 Å². The molecule has 0 unspecified atom stereocenters. The van der Waals surface area contributed by atoms with Crippen molar-refractivity contribution < 1.29 is 28.7 Å². The quantitative estimate of drug-likeness (QED) is 0.371. The Hall–Kier alpha value is -3.10. The summed E-state index contributed by atoms with van der Waals surface area (Å²) in [5.74, 6) is -1.29. The molecule has 0 aliphatic heterocycles. The van der Waals surface area contributed by atoms with Gasteiger partial charge in [0.25, 0.3) is 0 Å². The fourth-order valence-electron chi connectivity index (χ4n) is 2.72.